The molecule has 8 heteroatoms. The lowest BCUT2D eigenvalue weighted by Gasteiger charge is -2.15. The van der Waals surface area contributed by atoms with Crippen LogP contribution in [0.5, 0.6) is 5.75 Å². The smallest absolute Gasteiger partial charge is 0.248 e. The molecule has 0 atom stereocenters. The van der Waals surface area contributed by atoms with Gasteiger partial charge in [0, 0.05) is 31.0 Å². The summed E-state index contributed by atoms with van der Waals surface area (Å²) in [6.07, 6.45) is 6.63. The summed E-state index contributed by atoms with van der Waals surface area (Å²) in [5.74, 6) is 0.409. The Morgan fingerprint density at radius 2 is 1.73 bits per heavy atom. The van der Waals surface area contributed by atoms with Gasteiger partial charge < -0.3 is 10.1 Å². The highest BCUT2D eigenvalue weighted by molar-refractivity contribution is 7.89. The van der Waals surface area contributed by atoms with E-state index < -0.39 is 10.0 Å². The highest BCUT2D eigenvalue weighted by atomic mass is 32.2. The molecule has 3 aromatic rings. The van der Waals surface area contributed by atoms with Gasteiger partial charge in [0.1, 0.15) is 12.4 Å². The average molecular weight is 464 g/mol. The van der Waals surface area contributed by atoms with Crippen molar-refractivity contribution in [3.8, 4) is 5.75 Å². The molecule has 0 aliphatic carbocycles. The molecule has 1 aliphatic rings. The van der Waals surface area contributed by atoms with E-state index in [4.69, 9.17) is 4.74 Å². The molecule has 0 unspecified atom stereocenters. The molecule has 2 aromatic carbocycles. The molecule has 33 heavy (non-hydrogen) atoms. The summed E-state index contributed by atoms with van der Waals surface area (Å²) in [6, 6.07) is 19.3. The van der Waals surface area contributed by atoms with Crippen LogP contribution < -0.4 is 10.1 Å². The number of amides is 1. The summed E-state index contributed by atoms with van der Waals surface area (Å²) >= 11 is 0. The zero-order valence-electron chi connectivity index (χ0n) is 18.1. The van der Waals surface area contributed by atoms with Gasteiger partial charge in [0.05, 0.1) is 10.6 Å². The highest BCUT2D eigenvalue weighted by Gasteiger charge is 2.26. The number of anilines is 1. The first kappa shape index (κ1) is 22.7. The van der Waals surface area contributed by atoms with Crippen molar-refractivity contribution in [2.24, 2.45) is 0 Å². The minimum atomic E-state index is -3.46. The first-order chi connectivity index (χ1) is 16.0. The van der Waals surface area contributed by atoms with Crippen LogP contribution in [0.15, 0.2) is 83.9 Å². The van der Waals surface area contributed by atoms with Gasteiger partial charge in [-0.05, 0) is 73.0 Å². The fraction of sp³-hybridized carbons (Fsp3) is 0.200. The second kappa shape index (κ2) is 10.4. The number of ether oxygens (including phenoxy) is 1. The van der Waals surface area contributed by atoms with Crippen LogP contribution in [0.1, 0.15) is 24.1 Å². The number of hydrogen-bond donors (Lipinski definition) is 1. The van der Waals surface area contributed by atoms with E-state index in [0.29, 0.717) is 31.1 Å². The molecule has 1 amide bonds. The zero-order valence-corrected chi connectivity index (χ0v) is 18.9. The number of sulfonamides is 1. The Hall–Kier alpha value is -3.49. The minimum absolute atomic E-state index is 0.239. The van der Waals surface area contributed by atoms with Crippen molar-refractivity contribution in [3.63, 3.8) is 0 Å². The highest BCUT2D eigenvalue weighted by Crippen LogP contribution is 2.22. The Morgan fingerprint density at radius 3 is 2.39 bits per heavy atom. The first-order valence-electron chi connectivity index (χ1n) is 10.7. The van der Waals surface area contributed by atoms with Gasteiger partial charge in [-0.15, -0.1) is 0 Å². The van der Waals surface area contributed by atoms with Gasteiger partial charge in [-0.25, -0.2) is 8.42 Å². The largest absolute Gasteiger partial charge is 0.487 e. The van der Waals surface area contributed by atoms with Crippen LogP contribution in [0.3, 0.4) is 0 Å². The third-order valence-corrected chi connectivity index (χ3v) is 7.16. The summed E-state index contributed by atoms with van der Waals surface area (Å²) in [5, 5.41) is 2.74. The standard InChI is InChI=1S/C25H25N3O4S/c29-25(27-21-9-13-24(14-10-21)33(30,31)28-17-3-4-18-28)15-8-20-6-11-23(12-7-20)32-19-22-5-1-2-16-26-22/h1-2,5-16H,3-4,17-19H2,(H,27,29)/b15-8+. The van der Waals surface area contributed by atoms with Crippen LogP contribution in [0, 0.1) is 0 Å². The van der Waals surface area contributed by atoms with Crippen LogP contribution in [0.2, 0.25) is 0 Å². The molecule has 0 spiro atoms. The van der Waals surface area contributed by atoms with E-state index in [-0.39, 0.29) is 10.8 Å². The van der Waals surface area contributed by atoms with Crippen molar-refractivity contribution < 1.29 is 17.9 Å². The second-order valence-electron chi connectivity index (χ2n) is 7.64. The third kappa shape index (κ3) is 6.06. The number of aromatic nitrogens is 1. The molecule has 1 aromatic heterocycles. The molecule has 7 nitrogen and oxygen atoms in total. The number of carbonyl (C=O) groups excluding carboxylic acids is 1. The fourth-order valence-electron chi connectivity index (χ4n) is 3.46. The van der Waals surface area contributed by atoms with E-state index in [1.165, 1.54) is 22.5 Å². The number of rotatable bonds is 8. The molecule has 0 bridgehead atoms. The normalized spacial score (nSPS) is 14.4. The maximum Gasteiger partial charge on any atom is 0.248 e. The van der Waals surface area contributed by atoms with Gasteiger partial charge >= 0.3 is 0 Å². The lowest BCUT2D eigenvalue weighted by Crippen LogP contribution is -2.27. The second-order valence-corrected chi connectivity index (χ2v) is 9.57. The van der Waals surface area contributed by atoms with Crippen molar-refractivity contribution in [2.75, 3.05) is 18.4 Å². The number of nitrogens with zero attached hydrogens (tertiary/aromatic N) is 2. The number of nitrogens with one attached hydrogen (secondary N) is 1. The molecule has 0 saturated carbocycles. The minimum Gasteiger partial charge on any atom is -0.487 e. The van der Waals surface area contributed by atoms with Crippen molar-refractivity contribution in [1.82, 2.24) is 9.29 Å². The molecular weight excluding hydrogens is 438 g/mol. The topological polar surface area (TPSA) is 88.6 Å². The number of benzene rings is 2. The molecule has 1 saturated heterocycles. The van der Waals surface area contributed by atoms with Gasteiger partial charge in [-0.1, -0.05) is 18.2 Å². The van der Waals surface area contributed by atoms with E-state index in [2.05, 4.69) is 10.3 Å². The van der Waals surface area contributed by atoms with E-state index in [0.717, 1.165) is 24.1 Å². The Labute approximate surface area is 193 Å². The zero-order chi connectivity index (χ0) is 23.1. The van der Waals surface area contributed by atoms with Crippen LogP contribution >= 0.6 is 0 Å². The summed E-state index contributed by atoms with van der Waals surface area (Å²) in [7, 11) is -3.46. The Morgan fingerprint density at radius 1 is 1.00 bits per heavy atom. The SMILES string of the molecule is O=C(/C=C/c1ccc(OCc2ccccn2)cc1)Nc1ccc(S(=O)(=O)N2CCCC2)cc1. The predicted molar refractivity (Wildman–Crippen MR) is 127 cm³/mol. The summed E-state index contributed by atoms with van der Waals surface area (Å²) < 4.78 is 32.4. The molecule has 4 rings (SSSR count). The van der Waals surface area contributed by atoms with Crippen molar-refractivity contribution in [3.05, 3.63) is 90.3 Å². The molecular formula is C25H25N3O4S. The van der Waals surface area contributed by atoms with E-state index >= 15 is 0 Å². The van der Waals surface area contributed by atoms with Crippen LogP contribution in [-0.2, 0) is 21.4 Å². The van der Waals surface area contributed by atoms with Gasteiger partial charge in [-0.3, -0.25) is 9.78 Å². The number of hydrogen-bond acceptors (Lipinski definition) is 5. The van der Waals surface area contributed by atoms with E-state index in [9.17, 15) is 13.2 Å². The van der Waals surface area contributed by atoms with Gasteiger partial charge in [0.15, 0.2) is 0 Å². The molecule has 1 N–H and O–H groups in total. The maximum absolute atomic E-state index is 12.6. The summed E-state index contributed by atoms with van der Waals surface area (Å²) in [4.78, 5) is 16.7. The summed E-state index contributed by atoms with van der Waals surface area (Å²) in [6.45, 7) is 1.50. The molecule has 0 radical (unpaired) electrons. The molecule has 170 valence electrons. The molecule has 1 aliphatic heterocycles. The Bertz CT molecular complexity index is 1200. The number of carbonyl (C=O) groups is 1. The van der Waals surface area contributed by atoms with Gasteiger partial charge in [-0.2, -0.15) is 4.31 Å². The molecule has 2 heterocycles. The van der Waals surface area contributed by atoms with Crippen molar-refractivity contribution >= 4 is 27.7 Å². The quantitative estimate of drug-likeness (QED) is 0.508. The lowest BCUT2D eigenvalue weighted by molar-refractivity contribution is -0.111. The van der Waals surface area contributed by atoms with Crippen molar-refractivity contribution in [1.29, 1.82) is 0 Å². The fourth-order valence-corrected chi connectivity index (χ4v) is 4.98. The monoisotopic (exact) mass is 463 g/mol. The predicted octanol–water partition coefficient (Wildman–Crippen LogP) is 4.10. The summed E-state index contributed by atoms with van der Waals surface area (Å²) in [5.41, 5.74) is 2.23. The first-order valence-corrected chi connectivity index (χ1v) is 12.2. The van der Waals surface area contributed by atoms with Crippen LogP contribution in [0.4, 0.5) is 5.69 Å². The van der Waals surface area contributed by atoms with E-state index in [1.807, 2.05) is 42.5 Å². The lowest BCUT2D eigenvalue weighted by atomic mass is 10.2. The Balaban J connectivity index is 1.29. The van der Waals surface area contributed by atoms with Gasteiger partial charge in [0.25, 0.3) is 0 Å². The number of pyridine rings is 1. The third-order valence-electron chi connectivity index (χ3n) is 5.24. The van der Waals surface area contributed by atoms with Gasteiger partial charge in [0.2, 0.25) is 15.9 Å². The maximum atomic E-state index is 12.6. The molecule has 1 fully saturated rings. The van der Waals surface area contributed by atoms with E-state index in [1.54, 1.807) is 24.4 Å². The van der Waals surface area contributed by atoms with Crippen molar-refractivity contribution in [2.45, 2.75) is 24.3 Å². The average Bonchev–Trinajstić information content (AvgIpc) is 3.39. The van der Waals surface area contributed by atoms with Crippen LogP contribution in [0.25, 0.3) is 6.08 Å². The van der Waals surface area contributed by atoms with Crippen LogP contribution in [-0.4, -0.2) is 36.7 Å². The Kier molecular flexibility index (Phi) is 7.16.